The molecule has 0 saturated carbocycles. The van der Waals surface area contributed by atoms with E-state index in [0.29, 0.717) is 10.7 Å². The topological polar surface area (TPSA) is 58.6 Å². The van der Waals surface area contributed by atoms with Crippen molar-refractivity contribution in [1.29, 1.82) is 0 Å². The highest BCUT2D eigenvalue weighted by atomic mass is 35.5. The van der Waals surface area contributed by atoms with Crippen LogP contribution in [-0.4, -0.2) is 31.6 Å². The van der Waals surface area contributed by atoms with Crippen LogP contribution in [0.5, 0.6) is 0 Å². The van der Waals surface area contributed by atoms with Crippen molar-refractivity contribution < 1.29 is 14.3 Å². The standard InChI is InChI=1S/C24H29ClN2O3/c1-17(2)23(18-6-8-19(25)9-7-18)24(29)30-16-22(28)26-20-10-12-21(13-11-20)27-14-4-3-5-15-27/h6-13,17,23H,3-5,14-16H2,1-2H3,(H,26,28)/t23-/m1/s1. The number of anilines is 2. The van der Waals surface area contributed by atoms with Gasteiger partial charge in [-0.3, -0.25) is 9.59 Å². The van der Waals surface area contributed by atoms with E-state index in [1.165, 1.54) is 24.9 Å². The fraction of sp³-hybridized carbons (Fsp3) is 0.417. The molecule has 6 heteroatoms. The number of rotatable bonds is 7. The smallest absolute Gasteiger partial charge is 0.314 e. The van der Waals surface area contributed by atoms with Gasteiger partial charge in [0.1, 0.15) is 0 Å². The number of benzene rings is 2. The minimum atomic E-state index is -0.445. The number of nitrogens with one attached hydrogen (secondary N) is 1. The molecule has 0 spiro atoms. The molecule has 3 rings (SSSR count). The zero-order valence-corrected chi connectivity index (χ0v) is 18.3. The summed E-state index contributed by atoms with van der Waals surface area (Å²) in [5.41, 5.74) is 2.69. The summed E-state index contributed by atoms with van der Waals surface area (Å²) in [7, 11) is 0. The lowest BCUT2D eigenvalue weighted by Gasteiger charge is -2.28. The summed E-state index contributed by atoms with van der Waals surface area (Å²) in [6, 6.07) is 14.9. The molecule has 0 bridgehead atoms. The Hall–Kier alpha value is -2.53. The Morgan fingerprint density at radius 1 is 1.00 bits per heavy atom. The minimum Gasteiger partial charge on any atom is -0.455 e. The Balaban J connectivity index is 1.52. The van der Waals surface area contributed by atoms with Gasteiger partial charge in [0.15, 0.2) is 6.61 Å². The number of carbonyl (C=O) groups is 2. The van der Waals surface area contributed by atoms with Crippen LogP contribution in [0.3, 0.4) is 0 Å². The fourth-order valence-corrected chi connectivity index (χ4v) is 3.92. The van der Waals surface area contributed by atoms with Crippen molar-refractivity contribution in [3.63, 3.8) is 0 Å². The summed E-state index contributed by atoms with van der Waals surface area (Å²) in [5, 5.41) is 3.40. The summed E-state index contributed by atoms with van der Waals surface area (Å²) in [5.74, 6) is -1.18. The van der Waals surface area contributed by atoms with Crippen LogP contribution in [0.4, 0.5) is 11.4 Å². The Morgan fingerprint density at radius 3 is 2.23 bits per heavy atom. The lowest BCUT2D eigenvalue weighted by atomic mass is 9.88. The number of amides is 1. The zero-order valence-electron chi connectivity index (χ0n) is 17.6. The molecule has 0 aliphatic carbocycles. The molecule has 1 aliphatic rings. The third kappa shape index (κ3) is 5.99. The number of nitrogens with zero attached hydrogens (tertiary/aromatic N) is 1. The summed E-state index contributed by atoms with van der Waals surface area (Å²) >= 11 is 5.94. The largest absolute Gasteiger partial charge is 0.455 e. The first-order valence-corrected chi connectivity index (χ1v) is 10.9. The van der Waals surface area contributed by atoms with Crippen LogP contribution in [0.15, 0.2) is 48.5 Å². The molecular weight excluding hydrogens is 400 g/mol. The maximum absolute atomic E-state index is 12.6. The Labute approximate surface area is 183 Å². The van der Waals surface area contributed by atoms with Gasteiger partial charge in [0.25, 0.3) is 5.91 Å². The first-order valence-electron chi connectivity index (χ1n) is 10.5. The van der Waals surface area contributed by atoms with E-state index in [2.05, 4.69) is 10.2 Å². The van der Waals surface area contributed by atoms with Crippen molar-refractivity contribution in [3.8, 4) is 0 Å². The minimum absolute atomic E-state index is 0.0315. The van der Waals surface area contributed by atoms with Crippen molar-refractivity contribution in [2.45, 2.75) is 39.0 Å². The van der Waals surface area contributed by atoms with Gasteiger partial charge in [-0.1, -0.05) is 37.6 Å². The summed E-state index contributed by atoms with van der Waals surface area (Å²) in [6.45, 7) is 5.73. The second kappa shape index (κ2) is 10.5. The van der Waals surface area contributed by atoms with Crippen molar-refractivity contribution in [1.82, 2.24) is 0 Å². The zero-order chi connectivity index (χ0) is 21.5. The Kier molecular flexibility index (Phi) is 7.75. The van der Waals surface area contributed by atoms with Crippen molar-refractivity contribution in [3.05, 3.63) is 59.1 Å². The van der Waals surface area contributed by atoms with Gasteiger partial charge < -0.3 is 15.0 Å². The maximum atomic E-state index is 12.6. The average Bonchev–Trinajstić information content (AvgIpc) is 2.75. The van der Waals surface area contributed by atoms with E-state index >= 15 is 0 Å². The second-order valence-corrected chi connectivity index (χ2v) is 8.46. The molecule has 1 atom stereocenters. The SMILES string of the molecule is CC(C)[C@@H](C(=O)OCC(=O)Nc1ccc(N2CCCCC2)cc1)c1ccc(Cl)cc1. The number of hydrogen-bond acceptors (Lipinski definition) is 4. The predicted octanol–water partition coefficient (Wildman–Crippen LogP) is 5.25. The van der Waals surface area contributed by atoms with E-state index in [-0.39, 0.29) is 18.4 Å². The van der Waals surface area contributed by atoms with Gasteiger partial charge in [-0.2, -0.15) is 0 Å². The highest BCUT2D eigenvalue weighted by molar-refractivity contribution is 6.30. The highest BCUT2D eigenvalue weighted by Gasteiger charge is 2.26. The lowest BCUT2D eigenvalue weighted by molar-refractivity contribution is -0.149. The molecule has 1 fully saturated rings. The number of piperidine rings is 1. The number of ether oxygens (including phenoxy) is 1. The van der Waals surface area contributed by atoms with Gasteiger partial charge >= 0.3 is 5.97 Å². The average molecular weight is 429 g/mol. The number of carbonyl (C=O) groups excluding carboxylic acids is 2. The lowest BCUT2D eigenvalue weighted by Crippen LogP contribution is -2.29. The molecule has 30 heavy (non-hydrogen) atoms. The van der Waals surface area contributed by atoms with Gasteiger partial charge in [0.05, 0.1) is 5.92 Å². The first-order chi connectivity index (χ1) is 14.4. The van der Waals surface area contributed by atoms with Crippen LogP contribution in [0, 0.1) is 5.92 Å². The molecule has 1 amide bonds. The van der Waals surface area contributed by atoms with Gasteiger partial charge in [-0.15, -0.1) is 0 Å². The van der Waals surface area contributed by atoms with E-state index < -0.39 is 11.9 Å². The molecule has 0 radical (unpaired) electrons. The van der Waals surface area contributed by atoms with Gasteiger partial charge in [-0.05, 0) is 67.1 Å². The van der Waals surface area contributed by atoms with Crippen LogP contribution in [0.25, 0.3) is 0 Å². The Bertz CT molecular complexity index is 844. The van der Waals surface area contributed by atoms with Crippen LogP contribution in [-0.2, 0) is 14.3 Å². The van der Waals surface area contributed by atoms with Crippen LogP contribution in [0.1, 0.15) is 44.6 Å². The van der Waals surface area contributed by atoms with E-state index in [1.54, 1.807) is 12.1 Å². The number of halogens is 1. The van der Waals surface area contributed by atoms with Crippen molar-refractivity contribution in [2.75, 3.05) is 29.9 Å². The second-order valence-electron chi connectivity index (χ2n) is 8.02. The summed E-state index contributed by atoms with van der Waals surface area (Å²) < 4.78 is 5.31. The number of esters is 1. The normalized spacial score (nSPS) is 15.0. The maximum Gasteiger partial charge on any atom is 0.314 e. The molecule has 0 aromatic heterocycles. The highest BCUT2D eigenvalue weighted by Crippen LogP contribution is 2.27. The third-order valence-electron chi connectivity index (χ3n) is 5.37. The van der Waals surface area contributed by atoms with Crippen LogP contribution in [0.2, 0.25) is 5.02 Å². The van der Waals surface area contributed by atoms with Gasteiger partial charge in [-0.25, -0.2) is 0 Å². The molecule has 1 aliphatic heterocycles. The molecule has 2 aromatic rings. The molecule has 1 saturated heterocycles. The molecule has 0 unspecified atom stereocenters. The quantitative estimate of drug-likeness (QED) is 0.611. The van der Waals surface area contributed by atoms with Crippen molar-refractivity contribution >= 4 is 34.9 Å². The van der Waals surface area contributed by atoms with E-state index in [4.69, 9.17) is 16.3 Å². The predicted molar refractivity (Wildman–Crippen MR) is 121 cm³/mol. The Morgan fingerprint density at radius 2 is 1.63 bits per heavy atom. The van der Waals surface area contributed by atoms with Gasteiger partial charge in [0.2, 0.25) is 0 Å². The molecule has 5 nitrogen and oxygen atoms in total. The van der Waals surface area contributed by atoms with E-state index in [1.807, 2.05) is 50.2 Å². The van der Waals surface area contributed by atoms with E-state index in [0.717, 1.165) is 18.7 Å². The van der Waals surface area contributed by atoms with Crippen LogP contribution >= 0.6 is 11.6 Å². The summed E-state index contributed by atoms with van der Waals surface area (Å²) in [6.07, 6.45) is 3.73. The fourth-order valence-electron chi connectivity index (χ4n) is 3.79. The van der Waals surface area contributed by atoms with E-state index in [9.17, 15) is 9.59 Å². The third-order valence-corrected chi connectivity index (χ3v) is 5.62. The molecule has 1 N–H and O–H groups in total. The molecule has 160 valence electrons. The van der Waals surface area contributed by atoms with Crippen molar-refractivity contribution in [2.24, 2.45) is 5.92 Å². The molecule has 1 heterocycles. The summed E-state index contributed by atoms with van der Waals surface area (Å²) in [4.78, 5) is 27.2. The van der Waals surface area contributed by atoms with Gasteiger partial charge in [0, 0.05) is 29.5 Å². The molecule has 2 aromatic carbocycles. The monoisotopic (exact) mass is 428 g/mol. The number of hydrogen-bond donors (Lipinski definition) is 1. The first kappa shape index (κ1) is 22.2. The molecular formula is C24H29ClN2O3. The van der Waals surface area contributed by atoms with Crippen LogP contribution < -0.4 is 10.2 Å².